The summed E-state index contributed by atoms with van der Waals surface area (Å²) in [7, 11) is 0. The van der Waals surface area contributed by atoms with E-state index in [1.807, 2.05) is 12.1 Å². The highest BCUT2D eigenvalue weighted by molar-refractivity contribution is 6.30. The summed E-state index contributed by atoms with van der Waals surface area (Å²) in [6.07, 6.45) is 0. The van der Waals surface area contributed by atoms with Gasteiger partial charge in [0.1, 0.15) is 11.2 Å². The van der Waals surface area contributed by atoms with Crippen molar-refractivity contribution in [1.82, 2.24) is 4.98 Å². The molecule has 0 aromatic carbocycles. The van der Waals surface area contributed by atoms with Crippen molar-refractivity contribution in [2.45, 2.75) is 19.8 Å². The second-order valence-electron chi connectivity index (χ2n) is 3.93. The van der Waals surface area contributed by atoms with Crippen LogP contribution in [0.4, 0.5) is 0 Å². The SMILES string of the molecule is C[C@@H]1C(c2ccc(C#N)c(Cl)n2)[C@@H]1C. The topological polar surface area (TPSA) is 36.7 Å². The molecule has 0 bridgehead atoms. The Morgan fingerprint density at radius 3 is 2.43 bits per heavy atom. The van der Waals surface area contributed by atoms with Crippen LogP contribution in [0.3, 0.4) is 0 Å². The van der Waals surface area contributed by atoms with E-state index in [0.717, 1.165) is 5.69 Å². The standard InChI is InChI=1S/C11H11ClN2/c1-6-7(2)10(6)9-4-3-8(5-13)11(12)14-9/h3-4,6-7,10H,1-2H3/t6-,7+,10?. The highest BCUT2D eigenvalue weighted by Crippen LogP contribution is 2.52. The van der Waals surface area contributed by atoms with Gasteiger partial charge in [0.2, 0.25) is 0 Å². The predicted molar refractivity (Wildman–Crippen MR) is 55.0 cm³/mol. The van der Waals surface area contributed by atoms with E-state index in [-0.39, 0.29) is 0 Å². The summed E-state index contributed by atoms with van der Waals surface area (Å²) in [5, 5.41) is 9.02. The first kappa shape index (κ1) is 9.48. The van der Waals surface area contributed by atoms with Gasteiger partial charge in [-0.15, -0.1) is 0 Å². The number of aromatic nitrogens is 1. The Labute approximate surface area is 88.5 Å². The lowest BCUT2D eigenvalue weighted by Gasteiger charge is -1.99. The third-order valence-corrected chi connectivity index (χ3v) is 3.44. The van der Waals surface area contributed by atoms with Crippen LogP contribution in [-0.4, -0.2) is 4.98 Å². The summed E-state index contributed by atoms with van der Waals surface area (Å²) < 4.78 is 0. The maximum atomic E-state index is 8.69. The third kappa shape index (κ3) is 1.38. The van der Waals surface area contributed by atoms with Gasteiger partial charge in [-0.2, -0.15) is 5.26 Å². The Morgan fingerprint density at radius 1 is 1.36 bits per heavy atom. The molecule has 1 aromatic rings. The van der Waals surface area contributed by atoms with Crippen molar-refractivity contribution >= 4 is 11.6 Å². The molecular weight excluding hydrogens is 196 g/mol. The molecule has 1 fully saturated rings. The molecule has 2 rings (SSSR count). The van der Waals surface area contributed by atoms with Gasteiger partial charge in [-0.3, -0.25) is 0 Å². The number of rotatable bonds is 1. The smallest absolute Gasteiger partial charge is 0.147 e. The van der Waals surface area contributed by atoms with E-state index in [9.17, 15) is 0 Å². The first-order valence-electron chi connectivity index (χ1n) is 4.71. The first-order valence-corrected chi connectivity index (χ1v) is 5.09. The fourth-order valence-electron chi connectivity index (χ4n) is 1.92. The van der Waals surface area contributed by atoms with E-state index in [1.165, 1.54) is 0 Å². The quantitative estimate of drug-likeness (QED) is 0.663. The highest BCUT2D eigenvalue weighted by atomic mass is 35.5. The van der Waals surface area contributed by atoms with Gasteiger partial charge < -0.3 is 0 Å². The Morgan fingerprint density at radius 2 is 2.00 bits per heavy atom. The maximum Gasteiger partial charge on any atom is 0.147 e. The molecule has 0 spiro atoms. The van der Waals surface area contributed by atoms with Gasteiger partial charge in [0.25, 0.3) is 0 Å². The molecule has 0 aliphatic heterocycles. The molecular formula is C11H11ClN2. The van der Waals surface area contributed by atoms with Crippen molar-refractivity contribution in [2.75, 3.05) is 0 Å². The summed E-state index contributed by atoms with van der Waals surface area (Å²) >= 11 is 5.86. The second-order valence-corrected chi connectivity index (χ2v) is 4.29. The molecule has 14 heavy (non-hydrogen) atoms. The molecule has 3 heteroatoms. The number of pyridine rings is 1. The van der Waals surface area contributed by atoms with Gasteiger partial charge in [-0.1, -0.05) is 25.4 Å². The van der Waals surface area contributed by atoms with Crippen molar-refractivity contribution < 1.29 is 0 Å². The second kappa shape index (κ2) is 3.25. The Balaban J connectivity index is 2.31. The van der Waals surface area contributed by atoms with Gasteiger partial charge in [-0.05, 0) is 24.0 Å². The minimum absolute atomic E-state index is 0.330. The lowest BCUT2D eigenvalue weighted by Crippen LogP contribution is -1.91. The van der Waals surface area contributed by atoms with Gasteiger partial charge >= 0.3 is 0 Å². The van der Waals surface area contributed by atoms with Crippen LogP contribution >= 0.6 is 11.6 Å². The molecule has 1 aromatic heterocycles. The Hall–Kier alpha value is -1.07. The zero-order valence-electron chi connectivity index (χ0n) is 8.16. The summed E-state index contributed by atoms with van der Waals surface area (Å²) in [6.45, 7) is 4.42. The zero-order valence-corrected chi connectivity index (χ0v) is 8.92. The average molecular weight is 207 g/mol. The number of nitrogens with zero attached hydrogens (tertiary/aromatic N) is 2. The molecule has 0 saturated heterocycles. The molecule has 0 amide bonds. The van der Waals surface area contributed by atoms with Crippen LogP contribution in [0.25, 0.3) is 0 Å². The summed E-state index contributed by atoms with van der Waals surface area (Å²) in [4.78, 5) is 4.25. The van der Waals surface area contributed by atoms with Crippen molar-refractivity contribution in [3.8, 4) is 6.07 Å². The van der Waals surface area contributed by atoms with Gasteiger partial charge in [0.15, 0.2) is 0 Å². The van der Waals surface area contributed by atoms with Gasteiger partial charge in [0.05, 0.1) is 5.56 Å². The molecule has 1 unspecified atom stereocenters. The maximum absolute atomic E-state index is 8.69. The molecule has 1 aliphatic rings. The molecule has 0 radical (unpaired) electrons. The normalized spacial score (nSPS) is 29.7. The van der Waals surface area contributed by atoms with Gasteiger partial charge in [0, 0.05) is 11.6 Å². The molecule has 1 saturated carbocycles. The zero-order chi connectivity index (χ0) is 10.3. The first-order chi connectivity index (χ1) is 6.65. The largest absolute Gasteiger partial charge is 0.239 e. The van der Waals surface area contributed by atoms with E-state index < -0.39 is 0 Å². The minimum atomic E-state index is 0.330. The number of halogens is 1. The molecule has 1 heterocycles. The number of hydrogen-bond acceptors (Lipinski definition) is 2. The Kier molecular flexibility index (Phi) is 2.20. The third-order valence-electron chi connectivity index (χ3n) is 3.15. The summed E-state index contributed by atoms with van der Waals surface area (Å²) in [6, 6.07) is 5.67. The fourth-order valence-corrected chi connectivity index (χ4v) is 2.12. The lowest BCUT2D eigenvalue weighted by molar-refractivity contribution is 0.834. The van der Waals surface area contributed by atoms with Crippen molar-refractivity contribution in [3.63, 3.8) is 0 Å². The minimum Gasteiger partial charge on any atom is -0.239 e. The number of hydrogen-bond donors (Lipinski definition) is 0. The van der Waals surface area contributed by atoms with Gasteiger partial charge in [-0.25, -0.2) is 4.98 Å². The lowest BCUT2D eigenvalue weighted by atomic mass is 10.2. The monoisotopic (exact) mass is 206 g/mol. The average Bonchev–Trinajstić information content (AvgIpc) is 2.75. The van der Waals surface area contributed by atoms with Crippen molar-refractivity contribution in [3.05, 3.63) is 28.5 Å². The molecule has 1 aliphatic carbocycles. The van der Waals surface area contributed by atoms with Crippen LogP contribution in [0.2, 0.25) is 5.15 Å². The number of nitriles is 1. The molecule has 2 nitrogen and oxygen atoms in total. The fraction of sp³-hybridized carbons (Fsp3) is 0.455. The van der Waals surface area contributed by atoms with Crippen LogP contribution in [0.5, 0.6) is 0 Å². The van der Waals surface area contributed by atoms with E-state index in [2.05, 4.69) is 18.8 Å². The van der Waals surface area contributed by atoms with E-state index in [1.54, 1.807) is 6.07 Å². The van der Waals surface area contributed by atoms with Crippen LogP contribution in [0, 0.1) is 23.2 Å². The molecule has 0 N–H and O–H groups in total. The Bertz CT molecular complexity index is 400. The molecule has 3 atom stereocenters. The summed E-state index contributed by atoms with van der Waals surface area (Å²) in [5.41, 5.74) is 1.48. The molecule has 72 valence electrons. The van der Waals surface area contributed by atoms with Crippen molar-refractivity contribution in [1.29, 1.82) is 5.26 Å². The van der Waals surface area contributed by atoms with Crippen molar-refractivity contribution in [2.24, 2.45) is 11.8 Å². The highest BCUT2D eigenvalue weighted by Gasteiger charge is 2.44. The van der Waals surface area contributed by atoms with E-state index in [4.69, 9.17) is 16.9 Å². The van der Waals surface area contributed by atoms with Crippen LogP contribution in [-0.2, 0) is 0 Å². The van der Waals surface area contributed by atoms with Crippen LogP contribution in [0.1, 0.15) is 31.0 Å². The predicted octanol–water partition coefficient (Wildman–Crippen LogP) is 2.98. The van der Waals surface area contributed by atoms with E-state index in [0.29, 0.717) is 28.5 Å². The van der Waals surface area contributed by atoms with Crippen LogP contribution < -0.4 is 0 Å². The van der Waals surface area contributed by atoms with E-state index >= 15 is 0 Å². The summed E-state index contributed by atoms with van der Waals surface area (Å²) in [5.74, 6) is 1.90. The van der Waals surface area contributed by atoms with Crippen LogP contribution in [0.15, 0.2) is 12.1 Å².